The van der Waals surface area contributed by atoms with E-state index in [0.717, 1.165) is 31.1 Å². The first kappa shape index (κ1) is 26.2. The fourth-order valence-electron chi connectivity index (χ4n) is 5.56. The zero-order chi connectivity index (χ0) is 25.3. The van der Waals surface area contributed by atoms with Gasteiger partial charge < -0.3 is 25.5 Å². The third-order valence-corrected chi connectivity index (χ3v) is 7.76. The van der Waals surface area contributed by atoms with Crippen molar-refractivity contribution in [3.05, 3.63) is 30.3 Å². The minimum absolute atomic E-state index is 0.160. The molecule has 1 amide bonds. The summed E-state index contributed by atoms with van der Waals surface area (Å²) in [5.74, 6) is 1.71. The highest BCUT2D eigenvalue weighted by molar-refractivity contribution is 5.77. The lowest BCUT2D eigenvalue weighted by atomic mass is 9.86. The van der Waals surface area contributed by atoms with Crippen molar-refractivity contribution in [3.8, 4) is 17.0 Å². The van der Waals surface area contributed by atoms with Crippen molar-refractivity contribution in [2.24, 2.45) is 5.92 Å². The predicted octanol–water partition coefficient (Wildman–Crippen LogP) is 4.15. The smallest absolute Gasteiger partial charge is 0.222 e. The Balaban J connectivity index is 1.19. The number of aromatic hydroxyl groups is 1. The van der Waals surface area contributed by atoms with E-state index >= 15 is 0 Å². The molecular weight excluding hydrogens is 452 g/mol. The van der Waals surface area contributed by atoms with Gasteiger partial charge in [0.25, 0.3) is 0 Å². The van der Waals surface area contributed by atoms with Crippen LogP contribution in [0.15, 0.2) is 30.3 Å². The third kappa shape index (κ3) is 7.09. The Kier molecular flexibility index (Phi) is 9.39. The molecule has 2 aliphatic rings. The quantitative estimate of drug-likeness (QED) is 0.512. The highest BCUT2D eigenvalue weighted by atomic mass is 16.3. The number of hydrogen-bond donors (Lipinski definition) is 2. The summed E-state index contributed by atoms with van der Waals surface area (Å²) < 4.78 is 0. The Bertz CT molecular complexity index is 986. The lowest BCUT2D eigenvalue weighted by Gasteiger charge is -2.36. The van der Waals surface area contributed by atoms with E-state index in [-0.39, 0.29) is 11.7 Å². The lowest BCUT2D eigenvalue weighted by molar-refractivity contribution is -0.131. The van der Waals surface area contributed by atoms with Crippen LogP contribution in [0.25, 0.3) is 11.3 Å². The number of anilines is 2. The van der Waals surface area contributed by atoms with Crippen molar-refractivity contribution < 1.29 is 9.90 Å². The van der Waals surface area contributed by atoms with Crippen LogP contribution in [-0.2, 0) is 4.79 Å². The van der Waals surface area contributed by atoms with E-state index in [1.807, 2.05) is 23.1 Å². The Morgan fingerprint density at radius 3 is 2.53 bits per heavy atom. The minimum atomic E-state index is 0.160. The van der Waals surface area contributed by atoms with Crippen LogP contribution < -0.4 is 10.6 Å². The largest absolute Gasteiger partial charge is 0.507 e. The predicted molar refractivity (Wildman–Crippen MR) is 145 cm³/mol. The van der Waals surface area contributed by atoms with Crippen molar-refractivity contribution in [1.82, 2.24) is 20.0 Å². The average Bonchev–Trinajstić information content (AvgIpc) is 2.90. The summed E-state index contributed by atoms with van der Waals surface area (Å²) in [7, 11) is 2.18. The topological polar surface area (TPSA) is 98.8 Å². The van der Waals surface area contributed by atoms with Crippen LogP contribution in [-0.4, -0.2) is 77.3 Å². The van der Waals surface area contributed by atoms with Crippen LogP contribution in [0.5, 0.6) is 5.75 Å². The Hall–Kier alpha value is -2.87. The molecule has 1 aromatic heterocycles. The summed E-state index contributed by atoms with van der Waals surface area (Å²) in [6, 6.07) is 8.94. The number of carbonyl (C=O) groups is 1. The first-order chi connectivity index (χ1) is 17.5. The van der Waals surface area contributed by atoms with Gasteiger partial charge in [-0.3, -0.25) is 4.79 Å². The van der Waals surface area contributed by atoms with Gasteiger partial charge in [-0.15, -0.1) is 10.2 Å². The molecule has 36 heavy (non-hydrogen) atoms. The van der Waals surface area contributed by atoms with E-state index in [4.69, 9.17) is 5.73 Å². The summed E-state index contributed by atoms with van der Waals surface area (Å²) in [5.41, 5.74) is 8.14. The van der Waals surface area contributed by atoms with Gasteiger partial charge in [-0.2, -0.15) is 0 Å². The van der Waals surface area contributed by atoms with E-state index in [0.29, 0.717) is 49.7 Å². The highest BCUT2D eigenvalue weighted by Gasteiger charge is 2.23. The van der Waals surface area contributed by atoms with Crippen molar-refractivity contribution in [2.75, 3.05) is 56.9 Å². The summed E-state index contributed by atoms with van der Waals surface area (Å²) >= 11 is 0. The van der Waals surface area contributed by atoms with Crippen LogP contribution >= 0.6 is 0 Å². The maximum absolute atomic E-state index is 12.8. The zero-order valence-corrected chi connectivity index (χ0v) is 21.7. The molecule has 2 fully saturated rings. The number of rotatable bonds is 10. The molecule has 1 saturated heterocycles. The molecular formula is C28H42N6O2. The van der Waals surface area contributed by atoms with Gasteiger partial charge in [0.2, 0.25) is 5.91 Å². The molecule has 8 nitrogen and oxygen atoms in total. The molecule has 0 bridgehead atoms. The van der Waals surface area contributed by atoms with Crippen LogP contribution in [0, 0.1) is 5.92 Å². The van der Waals surface area contributed by atoms with Gasteiger partial charge in [-0.25, -0.2) is 0 Å². The third-order valence-electron chi connectivity index (χ3n) is 7.76. The highest BCUT2D eigenvalue weighted by Crippen LogP contribution is 2.31. The fourth-order valence-corrected chi connectivity index (χ4v) is 5.56. The number of nitrogens with two attached hydrogens (primary N) is 1. The normalized spacial score (nSPS) is 17.1. The van der Waals surface area contributed by atoms with Gasteiger partial charge in [0.05, 0.1) is 11.4 Å². The summed E-state index contributed by atoms with van der Waals surface area (Å²) in [6.07, 6.45) is 11.3. The molecule has 1 aliphatic carbocycles. The van der Waals surface area contributed by atoms with Crippen LogP contribution in [0.2, 0.25) is 0 Å². The van der Waals surface area contributed by atoms with Crippen molar-refractivity contribution in [1.29, 1.82) is 0 Å². The first-order valence-corrected chi connectivity index (χ1v) is 13.6. The van der Waals surface area contributed by atoms with Gasteiger partial charge in [0.15, 0.2) is 5.82 Å². The monoisotopic (exact) mass is 494 g/mol. The van der Waals surface area contributed by atoms with Gasteiger partial charge >= 0.3 is 0 Å². The van der Waals surface area contributed by atoms with Crippen LogP contribution in [0.1, 0.15) is 57.8 Å². The Morgan fingerprint density at radius 1 is 1.06 bits per heavy atom. The lowest BCUT2D eigenvalue weighted by Crippen LogP contribution is -2.49. The van der Waals surface area contributed by atoms with Gasteiger partial charge in [0, 0.05) is 38.2 Å². The molecule has 0 unspecified atom stereocenters. The van der Waals surface area contributed by atoms with Crippen LogP contribution in [0.3, 0.4) is 0 Å². The van der Waals surface area contributed by atoms with E-state index < -0.39 is 0 Å². The van der Waals surface area contributed by atoms with Crippen molar-refractivity contribution in [2.45, 2.75) is 57.8 Å². The van der Waals surface area contributed by atoms with Crippen molar-refractivity contribution >= 4 is 17.4 Å². The van der Waals surface area contributed by atoms with Gasteiger partial charge in [-0.05, 0) is 63.5 Å². The van der Waals surface area contributed by atoms with Gasteiger partial charge in [-0.1, -0.05) is 44.2 Å². The second-order valence-corrected chi connectivity index (χ2v) is 10.4. The number of nitrogens with zero attached hydrogens (tertiary/aromatic N) is 5. The molecule has 196 valence electrons. The molecule has 3 N–H and O–H groups in total. The molecule has 2 heterocycles. The number of hydrogen-bond acceptors (Lipinski definition) is 7. The zero-order valence-electron chi connectivity index (χ0n) is 21.7. The molecule has 0 atom stereocenters. The summed E-state index contributed by atoms with van der Waals surface area (Å²) in [6.45, 7) is 4.84. The molecule has 1 aliphatic heterocycles. The molecule has 0 spiro atoms. The molecule has 1 aromatic carbocycles. The number of aromatic nitrogens is 2. The Morgan fingerprint density at radius 2 is 1.78 bits per heavy atom. The average molecular weight is 495 g/mol. The van der Waals surface area contributed by atoms with E-state index in [1.165, 1.54) is 44.9 Å². The number of carbonyl (C=O) groups excluding carboxylic acids is 1. The minimum Gasteiger partial charge on any atom is -0.507 e. The fraction of sp³-hybridized carbons (Fsp3) is 0.607. The number of benzene rings is 1. The van der Waals surface area contributed by atoms with E-state index in [2.05, 4.69) is 27.0 Å². The van der Waals surface area contributed by atoms with Crippen molar-refractivity contribution in [3.63, 3.8) is 0 Å². The molecule has 1 saturated carbocycles. The van der Waals surface area contributed by atoms with Gasteiger partial charge in [0.1, 0.15) is 5.75 Å². The number of piperazine rings is 1. The Labute approximate surface area is 215 Å². The number of phenols is 1. The molecule has 8 heteroatoms. The van der Waals surface area contributed by atoms with E-state index in [9.17, 15) is 9.90 Å². The number of phenolic OH excluding ortho intramolecular Hbond substituents is 1. The SMILES string of the molecule is CN(CCCC(=O)N1CCN(c2cc(-c3ccccc3O)nnc2N)CC1)CCCC1CCCCC1. The molecule has 4 rings (SSSR count). The second kappa shape index (κ2) is 12.9. The van der Waals surface area contributed by atoms with E-state index in [1.54, 1.807) is 12.1 Å². The maximum atomic E-state index is 12.8. The number of para-hydroxylation sites is 1. The summed E-state index contributed by atoms with van der Waals surface area (Å²) in [5, 5.41) is 18.5. The molecule has 0 radical (unpaired) electrons. The maximum Gasteiger partial charge on any atom is 0.222 e. The summed E-state index contributed by atoms with van der Waals surface area (Å²) in [4.78, 5) is 19.3. The standard InChI is InChI=1S/C28H42N6O2/c1-32(15-7-11-22-9-3-2-4-10-22)16-8-14-27(36)34-19-17-33(18-20-34)25-21-24(30-31-28(25)29)23-12-5-6-13-26(23)35/h5-6,12-13,21-22,35H,2-4,7-11,14-20H2,1H3,(H2,29,31). The van der Waals surface area contributed by atoms with Crippen LogP contribution in [0.4, 0.5) is 11.5 Å². The number of amides is 1. The first-order valence-electron chi connectivity index (χ1n) is 13.6. The number of nitrogen functional groups attached to an aromatic ring is 1. The second-order valence-electron chi connectivity index (χ2n) is 10.4. The molecule has 2 aromatic rings.